The number of nitrogens with zero attached hydrogens (tertiary/aromatic N) is 1. The Kier molecular flexibility index (Phi) is 4.09. The van der Waals surface area contributed by atoms with Crippen molar-refractivity contribution in [2.75, 3.05) is 19.8 Å². The third-order valence-corrected chi connectivity index (χ3v) is 2.30. The van der Waals surface area contributed by atoms with Crippen LogP contribution in [0.2, 0.25) is 0 Å². The van der Waals surface area contributed by atoms with Crippen molar-refractivity contribution >= 4 is 28.0 Å². The molecule has 1 unspecified atom stereocenters. The van der Waals surface area contributed by atoms with Crippen molar-refractivity contribution in [3.05, 3.63) is 12.7 Å². The summed E-state index contributed by atoms with van der Waals surface area (Å²) in [6.45, 7) is 4.20. The minimum absolute atomic E-state index is 0.0776. The summed E-state index contributed by atoms with van der Waals surface area (Å²) in [6, 6.07) is 0. The zero-order valence-corrected chi connectivity index (χ0v) is 9.03. The maximum Gasteiger partial charge on any atom is 0.345 e. The number of rotatable bonds is 3. The molecule has 1 aliphatic rings. The number of morpholine rings is 1. The van der Waals surface area contributed by atoms with Crippen LogP contribution in [0.4, 0.5) is 0 Å². The van der Waals surface area contributed by atoms with Gasteiger partial charge in [-0.05, 0) is 0 Å². The number of hydrogen-bond acceptors (Lipinski definition) is 4. The Labute approximate surface area is 90.0 Å². The molecule has 0 aliphatic carbocycles. The molecule has 0 aromatic heterocycles. The number of carbonyl (C=O) groups is 2. The normalized spacial score (nSPS) is 21.9. The van der Waals surface area contributed by atoms with Crippen LogP contribution in [0.25, 0.3) is 0 Å². The van der Waals surface area contributed by atoms with Crippen molar-refractivity contribution in [2.24, 2.45) is 0 Å². The molecular weight excluding hydrogens is 254 g/mol. The Hall–Kier alpha value is -0.880. The number of ether oxygens (including phenoxy) is 2. The second-order valence-electron chi connectivity index (χ2n) is 2.59. The summed E-state index contributed by atoms with van der Waals surface area (Å²) in [5, 5.41) is 0. The van der Waals surface area contributed by atoms with Gasteiger partial charge in [-0.25, -0.2) is 4.79 Å². The number of carbonyl (C=O) groups excluding carboxylic acids is 2. The maximum absolute atomic E-state index is 11.4. The van der Waals surface area contributed by atoms with E-state index in [1.54, 1.807) is 0 Å². The van der Waals surface area contributed by atoms with Gasteiger partial charge in [-0.1, -0.05) is 12.7 Å². The Morgan fingerprint density at radius 1 is 1.86 bits per heavy atom. The Morgan fingerprint density at radius 3 is 3.21 bits per heavy atom. The third-order valence-electron chi connectivity index (χ3n) is 1.59. The highest BCUT2D eigenvalue weighted by molar-refractivity contribution is 9.07. The summed E-state index contributed by atoms with van der Waals surface area (Å²) in [5.41, 5.74) is 0. The third kappa shape index (κ3) is 2.55. The lowest BCUT2D eigenvalue weighted by molar-refractivity contribution is -0.167. The highest BCUT2D eigenvalue weighted by Gasteiger charge is 2.35. The molecule has 6 heteroatoms. The zero-order valence-electron chi connectivity index (χ0n) is 7.44. The van der Waals surface area contributed by atoms with Crippen molar-refractivity contribution in [1.82, 2.24) is 3.93 Å². The van der Waals surface area contributed by atoms with Crippen LogP contribution in [0.15, 0.2) is 12.7 Å². The first-order valence-corrected chi connectivity index (χ1v) is 4.74. The van der Waals surface area contributed by atoms with E-state index < -0.39 is 18.0 Å². The van der Waals surface area contributed by atoms with Crippen LogP contribution in [-0.2, 0) is 19.1 Å². The summed E-state index contributed by atoms with van der Waals surface area (Å²) in [6.07, 6.45) is 0.278. The molecule has 0 N–H and O–H groups in total. The van der Waals surface area contributed by atoms with Gasteiger partial charge in [0.05, 0.1) is 29.3 Å². The molecule has 0 saturated carbocycles. The smallest absolute Gasteiger partial charge is 0.345 e. The van der Waals surface area contributed by atoms with Gasteiger partial charge in [0.2, 0.25) is 6.10 Å². The Balaban J connectivity index is 2.53. The molecule has 0 radical (unpaired) electrons. The Morgan fingerprint density at radius 2 is 2.57 bits per heavy atom. The van der Waals surface area contributed by atoms with E-state index in [4.69, 9.17) is 9.47 Å². The predicted molar refractivity (Wildman–Crippen MR) is 51.5 cm³/mol. The number of hydrogen-bond donors (Lipinski definition) is 0. The molecule has 1 amide bonds. The topological polar surface area (TPSA) is 55.8 Å². The fraction of sp³-hybridized carbons (Fsp3) is 0.500. The fourth-order valence-corrected chi connectivity index (χ4v) is 1.28. The second kappa shape index (κ2) is 5.11. The standard InChI is InChI=1S/C8H10BrNO4/c1-2-4-14-8(12)6-7(11)10(9)3-5-13-6/h2,6H,1,3-5H2. The van der Waals surface area contributed by atoms with E-state index in [-0.39, 0.29) is 6.61 Å². The molecule has 78 valence electrons. The van der Waals surface area contributed by atoms with Gasteiger partial charge in [-0.2, -0.15) is 0 Å². The number of amides is 1. The molecule has 1 aliphatic heterocycles. The van der Waals surface area contributed by atoms with Crippen LogP contribution in [0.1, 0.15) is 0 Å². The van der Waals surface area contributed by atoms with E-state index in [1.807, 2.05) is 0 Å². The largest absolute Gasteiger partial charge is 0.459 e. The lowest BCUT2D eigenvalue weighted by Gasteiger charge is -2.25. The SMILES string of the molecule is C=CCOC(=O)C1OCCN(Br)C1=O. The van der Waals surface area contributed by atoms with E-state index in [2.05, 4.69) is 22.7 Å². The van der Waals surface area contributed by atoms with Crippen LogP contribution >= 0.6 is 16.1 Å². The molecule has 0 aromatic carbocycles. The molecule has 1 heterocycles. The highest BCUT2D eigenvalue weighted by Crippen LogP contribution is 2.12. The van der Waals surface area contributed by atoms with E-state index in [1.165, 1.54) is 10.0 Å². The first kappa shape index (κ1) is 11.2. The quantitative estimate of drug-likeness (QED) is 0.317. The summed E-state index contributed by atoms with van der Waals surface area (Å²) >= 11 is 3.01. The first-order chi connectivity index (χ1) is 6.66. The van der Waals surface area contributed by atoms with Crippen molar-refractivity contribution in [3.63, 3.8) is 0 Å². The fourth-order valence-electron chi connectivity index (χ4n) is 0.945. The van der Waals surface area contributed by atoms with Gasteiger partial charge in [-0.15, -0.1) is 0 Å². The molecule has 5 nitrogen and oxygen atoms in total. The van der Waals surface area contributed by atoms with Crippen LogP contribution in [0.3, 0.4) is 0 Å². The molecular formula is C8H10BrNO4. The minimum atomic E-state index is -1.15. The van der Waals surface area contributed by atoms with Gasteiger partial charge < -0.3 is 9.47 Å². The van der Waals surface area contributed by atoms with E-state index in [0.29, 0.717) is 13.2 Å². The van der Waals surface area contributed by atoms with Gasteiger partial charge in [0.15, 0.2) is 0 Å². The summed E-state index contributed by atoms with van der Waals surface area (Å²) in [4.78, 5) is 22.6. The number of halogens is 1. The summed E-state index contributed by atoms with van der Waals surface area (Å²) < 4.78 is 10.9. The van der Waals surface area contributed by atoms with Crippen LogP contribution < -0.4 is 0 Å². The van der Waals surface area contributed by atoms with Gasteiger partial charge in [0.25, 0.3) is 5.91 Å². The molecule has 0 bridgehead atoms. The first-order valence-electron chi connectivity index (χ1n) is 4.03. The van der Waals surface area contributed by atoms with Gasteiger partial charge in [0.1, 0.15) is 6.61 Å². The molecule has 0 aromatic rings. The minimum Gasteiger partial charge on any atom is -0.459 e. The lowest BCUT2D eigenvalue weighted by atomic mass is 10.3. The monoisotopic (exact) mass is 263 g/mol. The molecule has 1 rings (SSSR count). The van der Waals surface area contributed by atoms with Crippen molar-refractivity contribution in [1.29, 1.82) is 0 Å². The lowest BCUT2D eigenvalue weighted by Crippen LogP contribution is -2.47. The molecule has 1 saturated heterocycles. The van der Waals surface area contributed by atoms with E-state index in [0.717, 1.165) is 0 Å². The average Bonchev–Trinajstić information content (AvgIpc) is 2.18. The van der Waals surface area contributed by atoms with Crippen molar-refractivity contribution in [3.8, 4) is 0 Å². The van der Waals surface area contributed by atoms with Crippen molar-refractivity contribution in [2.45, 2.75) is 6.10 Å². The molecule has 1 atom stereocenters. The van der Waals surface area contributed by atoms with Gasteiger partial charge in [0, 0.05) is 0 Å². The molecule has 14 heavy (non-hydrogen) atoms. The summed E-state index contributed by atoms with van der Waals surface area (Å²) in [5.74, 6) is -1.12. The van der Waals surface area contributed by atoms with Crippen LogP contribution in [-0.4, -0.2) is 41.7 Å². The van der Waals surface area contributed by atoms with Gasteiger partial charge in [-0.3, -0.25) is 8.72 Å². The second-order valence-corrected chi connectivity index (χ2v) is 3.45. The Bertz CT molecular complexity index is 256. The number of esters is 1. The van der Waals surface area contributed by atoms with Crippen LogP contribution in [0, 0.1) is 0 Å². The maximum atomic E-state index is 11.4. The van der Waals surface area contributed by atoms with E-state index in [9.17, 15) is 9.59 Å². The van der Waals surface area contributed by atoms with Gasteiger partial charge >= 0.3 is 5.97 Å². The molecule has 0 spiro atoms. The average molecular weight is 264 g/mol. The molecule has 1 fully saturated rings. The predicted octanol–water partition coefficient (Wildman–Crippen LogP) is 0.253. The van der Waals surface area contributed by atoms with E-state index >= 15 is 0 Å². The highest BCUT2D eigenvalue weighted by atomic mass is 79.9. The zero-order chi connectivity index (χ0) is 10.6. The van der Waals surface area contributed by atoms with Crippen LogP contribution in [0.5, 0.6) is 0 Å². The van der Waals surface area contributed by atoms with Crippen molar-refractivity contribution < 1.29 is 19.1 Å². The summed E-state index contributed by atoms with van der Waals surface area (Å²) in [7, 11) is 0.